The number of rotatable bonds is 5. The van der Waals surface area contributed by atoms with Crippen LogP contribution in [0.25, 0.3) is 0 Å². The average molecular weight is 363 g/mol. The molecule has 1 N–H and O–H groups in total. The molecule has 0 aromatic carbocycles. The van der Waals surface area contributed by atoms with E-state index in [0.717, 1.165) is 25.2 Å². The summed E-state index contributed by atoms with van der Waals surface area (Å²) in [6.45, 7) is -0.419. The molecule has 22 heavy (non-hydrogen) atoms. The zero-order valence-corrected chi connectivity index (χ0v) is 13.5. The van der Waals surface area contributed by atoms with E-state index >= 15 is 0 Å². The van der Waals surface area contributed by atoms with Crippen molar-refractivity contribution in [2.45, 2.75) is 36.5 Å². The molecule has 1 unspecified atom stereocenters. The van der Waals surface area contributed by atoms with Gasteiger partial charge in [-0.15, -0.1) is 12.4 Å². The molecule has 0 aliphatic carbocycles. The van der Waals surface area contributed by atoms with E-state index in [9.17, 15) is 21.6 Å². The summed E-state index contributed by atoms with van der Waals surface area (Å²) in [5.41, 5.74) is 0. The first kappa shape index (κ1) is 19.2. The van der Waals surface area contributed by atoms with Crippen molar-refractivity contribution in [2.24, 2.45) is 0 Å². The van der Waals surface area contributed by atoms with Crippen molar-refractivity contribution in [1.82, 2.24) is 19.4 Å². The number of aromatic nitrogens is 2. The second-order valence-corrected chi connectivity index (χ2v) is 6.85. The van der Waals surface area contributed by atoms with Gasteiger partial charge in [0.15, 0.2) is 0 Å². The van der Waals surface area contributed by atoms with Crippen molar-refractivity contribution in [3.8, 4) is 0 Å². The summed E-state index contributed by atoms with van der Waals surface area (Å²) >= 11 is 0. The van der Waals surface area contributed by atoms with Gasteiger partial charge >= 0.3 is 6.18 Å². The molecule has 0 bridgehead atoms. The Morgan fingerprint density at radius 2 is 2.14 bits per heavy atom. The number of nitrogens with zero attached hydrogens (tertiary/aromatic N) is 3. The van der Waals surface area contributed by atoms with Crippen LogP contribution in [0.5, 0.6) is 0 Å². The number of sulfonamides is 1. The lowest BCUT2D eigenvalue weighted by atomic mass is 10.2. The SMILES string of the molecule is CNCC1CCCN1S(=O)(=O)c1cnn(CC(F)(F)F)c1.Cl. The first-order valence-corrected chi connectivity index (χ1v) is 7.94. The van der Waals surface area contributed by atoms with Gasteiger partial charge in [0, 0.05) is 25.3 Å². The molecule has 2 heterocycles. The predicted octanol–water partition coefficient (Wildman–Crippen LogP) is 1.24. The van der Waals surface area contributed by atoms with E-state index in [4.69, 9.17) is 0 Å². The van der Waals surface area contributed by atoms with Crippen molar-refractivity contribution in [3.63, 3.8) is 0 Å². The van der Waals surface area contributed by atoms with Gasteiger partial charge in [0.05, 0.1) is 6.20 Å². The quantitative estimate of drug-likeness (QED) is 0.855. The van der Waals surface area contributed by atoms with Gasteiger partial charge < -0.3 is 5.32 Å². The van der Waals surface area contributed by atoms with Crippen molar-refractivity contribution in [2.75, 3.05) is 20.1 Å². The molecule has 2 rings (SSSR count). The molecule has 1 aromatic heterocycles. The Morgan fingerprint density at radius 3 is 2.73 bits per heavy atom. The Morgan fingerprint density at radius 1 is 1.45 bits per heavy atom. The zero-order chi connectivity index (χ0) is 15.7. The Bertz CT molecular complexity index is 590. The largest absolute Gasteiger partial charge is 0.408 e. The monoisotopic (exact) mass is 362 g/mol. The van der Waals surface area contributed by atoms with Gasteiger partial charge in [0.1, 0.15) is 11.4 Å². The molecule has 0 amide bonds. The number of nitrogens with one attached hydrogen (secondary N) is 1. The third-order valence-electron chi connectivity index (χ3n) is 3.32. The molecule has 1 fully saturated rings. The van der Waals surface area contributed by atoms with Crippen LogP contribution in [0.1, 0.15) is 12.8 Å². The number of halogens is 4. The molecular formula is C11H18ClF3N4O2S. The molecule has 1 aromatic rings. The lowest BCUT2D eigenvalue weighted by Crippen LogP contribution is -2.40. The van der Waals surface area contributed by atoms with E-state index in [1.165, 1.54) is 4.31 Å². The van der Waals surface area contributed by atoms with Crippen LogP contribution in [0.2, 0.25) is 0 Å². The Hall–Kier alpha value is -0.840. The first-order chi connectivity index (χ1) is 9.74. The van der Waals surface area contributed by atoms with Crippen molar-refractivity contribution in [3.05, 3.63) is 12.4 Å². The van der Waals surface area contributed by atoms with Crippen LogP contribution >= 0.6 is 12.4 Å². The van der Waals surface area contributed by atoms with E-state index < -0.39 is 22.7 Å². The normalized spacial score (nSPS) is 20.1. The molecule has 6 nitrogen and oxygen atoms in total. The van der Waals surface area contributed by atoms with Crippen LogP contribution in [0, 0.1) is 0 Å². The van der Waals surface area contributed by atoms with E-state index in [-0.39, 0.29) is 23.3 Å². The maximum atomic E-state index is 12.5. The van der Waals surface area contributed by atoms with E-state index in [2.05, 4.69) is 10.4 Å². The standard InChI is InChI=1S/C11H17F3N4O2S.ClH/c1-15-5-9-3-2-4-18(9)21(19,20)10-6-16-17(7-10)8-11(12,13)14;/h6-7,9,15H,2-5,8H2,1H3;1H. The molecule has 1 atom stereocenters. The van der Waals surface area contributed by atoms with Crippen LogP contribution < -0.4 is 5.32 Å². The van der Waals surface area contributed by atoms with Crippen LogP contribution in [0.15, 0.2) is 17.3 Å². The van der Waals surface area contributed by atoms with Gasteiger partial charge in [-0.2, -0.15) is 22.6 Å². The Kier molecular flexibility index (Phi) is 6.25. The summed E-state index contributed by atoms with van der Waals surface area (Å²) in [5.74, 6) is 0. The number of hydrogen-bond acceptors (Lipinski definition) is 4. The second-order valence-electron chi connectivity index (χ2n) is 4.96. The highest BCUT2D eigenvalue weighted by Gasteiger charge is 2.36. The first-order valence-electron chi connectivity index (χ1n) is 6.49. The average Bonchev–Trinajstić information content (AvgIpc) is 2.96. The molecule has 11 heteroatoms. The van der Waals surface area contributed by atoms with E-state index in [1.54, 1.807) is 7.05 Å². The van der Waals surface area contributed by atoms with Crippen molar-refractivity contribution < 1.29 is 21.6 Å². The molecule has 1 saturated heterocycles. The number of likely N-dealkylation sites (N-methyl/N-ethyl adjacent to an activating group) is 1. The Labute approximate surface area is 133 Å². The van der Waals surface area contributed by atoms with Crippen LogP contribution in [-0.4, -0.2) is 54.9 Å². The second kappa shape index (κ2) is 7.16. The minimum Gasteiger partial charge on any atom is -0.318 e. The molecular weight excluding hydrogens is 345 g/mol. The summed E-state index contributed by atoms with van der Waals surface area (Å²) < 4.78 is 63.7. The third kappa shape index (κ3) is 4.34. The number of hydrogen-bond donors (Lipinski definition) is 1. The maximum absolute atomic E-state index is 12.5. The van der Waals surface area contributed by atoms with Gasteiger partial charge in [-0.3, -0.25) is 4.68 Å². The van der Waals surface area contributed by atoms with Gasteiger partial charge in [0.2, 0.25) is 10.0 Å². The van der Waals surface area contributed by atoms with Crippen molar-refractivity contribution >= 4 is 22.4 Å². The smallest absolute Gasteiger partial charge is 0.318 e. The zero-order valence-electron chi connectivity index (χ0n) is 11.9. The highest BCUT2D eigenvalue weighted by atomic mass is 35.5. The fourth-order valence-electron chi connectivity index (χ4n) is 2.45. The van der Waals surface area contributed by atoms with Gasteiger partial charge in [-0.25, -0.2) is 8.42 Å². The molecule has 1 aliphatic rings. The minimum absolute atomic E-state index is 0. The van der Waals surface area contributed by atoms with Crippen LogP contribution in [0.4, 0.5) is 13.2 Å². The van der Waals surface area contributed by atoms with E-state index in [1.807, 2.05) is 0 Å². The molecule has 0 radical (unpaired) electrons. The Balaban J connectivity index is 0.00000242. The predicted molar refractivity (Wildman–Crippen MR) is 76.4 cm³/mol. The van der Waals surface area contributed by atoms with Gasteiger partial charge in [-0.1, -0.05) is 0 Å². The molecule has 128 valence electrons. The topological polar surface area (TPSA) is 67.2 Å². The summed E-state index contributed by atoms with van der Waals surface area (Å²) in [7, 11) is -2.08. The van der Waals surface area contributed by atoms with Crippen LogP contribution in [-0.2, 0) is 16.6 Å². The fraction of sp³-hybridized carbons (Fsp3) is 0.727. The highest BCUT2D eigenvalue weighted by molar-refractivity contribution is 7.89. The number of alkyl halides is 3. The highest BCUT2D eigenvalue weighted by Crippen LogP contribution is 2.26. The summed E-state index contributed by atoms with van der Waals surface area (Å²) in [5, 5.41) is 6.41. The summed E-state index contributed by atoms with van der Waals surface area (Å²) in [4.78, 5) is -0.199. The van der Waals surface area contributed by atoms with Gasteiger partial charge in [0.25, 0.3) is 0 Å². The van der Waals surface area contributed by atoms with Crippen molar-refractivity contribution in [1.29, 1.82) is 0 Å². The molecule has 0 spiro atoms. The summed E-state index contributed by atoms with van der Waals surface area (Å²) in [6.07, 6.45) is -1.07. The lowest BCUT2D eigenvalue weighted by molar-refractivity contribution is -0.142. The lowest BCUT2D eigenvalue weighted by Gasteiger charge is -2.23. The molecule has 0 saturated carbocycles. The summed E-state index contributed by atoms with van der Waals surface area (Å²) in [6, 6.07) is -0.175. The third-order valence-corrected chi connectivity index (χ3v) is 5.23. The fourth-order valence-corrected chi connectivity index (χ4v) is 4.10. The van der Waals surface area contributed by atoms with Crippen LogP contribution in [0.3, 0.4) is 0 Å². The molecule has 1 aliphatic heterocycles. The minimum atomic E-state index is -4.44. The maximum Gasteiger partial charge on any atom is 0.408 e. The van der Waals surface area contributed by atoms with E-state index in [0.29, 0.717) is 17.8 Å². The van der Waals surface area contributed by atoms with Gasteiger partial charge in [-0.05, 0) is 19.9 Å².